The average Bonchev–Trinajstić information content (AvgIpc) is 3.44. The minimum atomic E-state index is -1.53. The van der Waals surface area contributed by atoms with E-state index in [1.165, 1.54) is 0 Å². The summed E-state index contributed by atoms with van der Waals surface area (Å²) >= 11 is 0. The maximum Gasteiger partial charge on any atom is 0.331 e. The Balaban J connectivity index is 1.18. The lowest BCUT2D eigenvalue weighted by Crippen LogP contribution is -2.64. The molecule has 5 fully saturated rings. The van der Waals surface area contributed by atoms with Crippen LogP contribution in [0, 0.1) is 34.5 Å². The summed E-state index contributed by atoms with van der Waals surface area (Å²) in [6.07, 6.45) is -0.514. The van der Waals surface area contributed by atoms with Crippen LogP contribution in [0.3, 0.4) is 0 Å². The maximum atomic E-state index is 12.4. The summed E-state index contributed by atoms with van der Waals surface area (Å²) in [7, 11) is 0. The monoisotopic (exact) mass is 552 g/mol. The molecule has 2 aliphatic heterocycles. The van der Waals surface area contributed by atoms with Crippen molar-refractivity contribution >= 4 is 5.97 Å². The van der Waals surface area contributed by atoms with Gasteiger partial charge in [0.15, 0.2) is 6.29 Å². The Bertz CT molecular complexity index is 1000. The van der Waals surface area contributed by atoms with Gasteiger partial charge in [-0.3, -0.25) is 0 Å². The van der Waals surface area contributed by atoms with Crippen LogP contribution < -0.4 is 0 Å². The summed E-state index contributed by atoms with van der Waals surface area (Å²) in [5.41, 5.74) is -0.342. The molecule has 0 radical (unpaired) electrons. The molecule has 4 saturated carbocycles. The molecule has 10 heteroatoms. The number of aliphatic hydroxyl groups is 6. The summed E-state index contributed by atoms with van der Waals surface area (Å²) in [6, 6.07) is 0. The number of carbonyl (C=O) groups excluding carboxylic acids is 1. The summed E-state index contributed by atoms with van der Waals surface area (Å²) < 4.78 is 16.8. The molecule has 39 heavy (non-hydrogen) atoms. The predicted molar refractivity (Wildman–Crippen MR) is 136 cm³/mol. The van der Waals surface area contributed by atoms with Crippen LogP contribution in [0.25, 0.3) is 0 Å². The molecular formula is C29H44O10. The number of rotatable bonds is 4. The van der Waals surface area contributed by atoms with E-state index in [0.717, 1.165) is 37.7 Å². The van der Waals surface area contributed by atoms with Gasteiger partial charge in [0.2, 0.25) is 0 Å². The van der Waals surface area contributed by atoms with Crippen molar-refractivity contribution in [2.24, 2.45) is 34.5 Å². The number of hydrogen-bond acceptors (Lipinski definition) is 10. The Morgan fingerprint density at radius 3 is 2.46 bits per heavy atom. The van der Waals surface area contributed by atoms with Gasteiger partial charge < -0.3 is 44.8 Å². The molecule has 220 valence electrons. The van der Waals surface area contributed by atoms with E-state index in [1.54, 1.807) is 6.08 Å². The first kappa shape index (κ1) is 28.0. The second-order valence-corrected chi connectivity index (χ2v) is 13.7. The lowest BCUT2D eigenvalue weighted by Gasteiger charge is -2.64. The van der Waals surface area contributed by atoms with Crippen LogP contribution in [-0.4, -0.2) is 98.3 Å². The normalized spacial score (nSPS) is 55.3. The molecule has 0 amide bonds. The third kappa shape index (κ3) is 4.08. The lowest BCUT2D eigenvalue weighted by molar-refractivity contribution is -0.325. The van der Waals surface area contributed by atoms with Crippen molar-refractivity contribution in [3.05, 3.63) is 11.6 Å². The van der Waals surface area contributed by atoms with Crippen molar-refractivity contribution in [3.8, 4) is 0 Å². The van der Waals surface area contributed by atoms with Gasteiger partial charge in [-0.15, -0.1) is 0 Å². The van der Waals surface area contributed by atoms with Gasteiger partial charge in [0.1, 0.15) is 31.0 Å². The zero-order valence-corrected chi connectivity index (χ0v) is 22.8. The topological polar surface area (TPSA) is 166 Å². The van der Waals surface area contributed by atoms with E-state index < -0.39 is 55.1 Å². The van der Waals surface area contributed by atoms with E-state index >= 15 is 0 Å². The molecule has 0 aromatic rings. The fourth-order valence-corrected chi connectivity index (χ4v) is 9.91. The van der Waals surface area contributed by atoms with Crippen molar-refractivity contribution in [1.82, 2.24) is 0 Å². The van der Waals surface area contributed by atoms with Gasteiger partial charge in [0, 0.05) is 11.5 Å². The molecule has 4 aliphatic carbocycles. The fraction of sp³-hybridized carbons (Fsp3) is 0.897. The molecule has 1 saturated heterocycles. The number of fused-ring (bicyclic) bond motifs is 5. The van der Waals surface area contributed by atoms with Crippen LogP contribution in [0.15, 0.2) is 11.6 Å². The van der Waals surface area contributed by atoms with Gasteiger partial charge in [0.05, 0.1) is 24.4 Å². The van der Waals surface area contributed by atoms with Crippen LogP contribution in [-0.2, 0) is 19.0 Å². The number of esters is 1. The Morgan fingerprint density at radius 1 is 1.00 bits per heavy atom. The third-order valence-corrected chi connectivity index (χ3v) is 12.1. The van der Waals surface area contributed by atoms with Gasteiger partial charge in [-0.1, -0.05) is 13.8 Å². The predicted octanol–water partition coefficient (Wildman–Crippen LogP) is 0.399. The van der Waals surface area contributed by atoms with Crippen LogP contribution in [0.1, 0.15) is 65.2 Å². The maximum absolute atomic E-state index is 12.4. The molecule has 14 atom stereocenters. The molecule has 0 aromatic carbocycles. The first-order valence-corrected chi connectivity index (χ1v) is 14.7. The van der Waals surface area contributed by atoms with Crippen LogP contribution in [0.5, 0.6) is 0 Å². The highest BCUT2D eigenvalue weighted by Gasteiger charge is 2.68. The smallest absolute Gasteiger partial charge is 0.331 e. The van der Waals surface area contributed by atoms with Crippen molar-refractivity contribution in [3.63, 3.8) is 0 Å². The van der Waals surface area contributed by atoms with E-state index in [0.29, 0.717) is 25.9 Å². The van der Waals surface area contributed by atoms with Crippen LogP contribution in [0.4, 0.5) is 0 Å². The standard InChI is InChI=1S/C29H44O10/c1-27-11-19(31)20(38-26-25(35)24(34)23(33)21(12-30)39-26)10-15(27)3-4-18-17(27)5-7-28(2)16(6-8-29(18,28)36)14-9-22(32)37-13-14/h9,15-21,23-26,30-31,33-36H,3-8,10-13H2,1-2H3. The van der Waals surface area contributed by atoms with Crippen molar-refractivity contribution < 1.29 is 49.6 Å². The Labute approximate surface area is 229 Å². The molecule has 6 aliphatic rings. The van der Waals surface area contributed by atoms with Crippen LogP contribution >= 0.6 is 0 Å². The second kappa shape index (κ2) is 9.73. The third-order valence-electron chi connectivity index (χ3n) is 12.1. The van der Waals surface area contributed by atoms with Crippen LogP contribution in [0.2, 0.25) is 0 Å². The Hall–Kier alpha value is -1.11. The first-order chi connectivity index (χ1) is 18.4. The number of aliphatic hydroxyl groups excluding tert-OH is 5. The van der Waals surface area contributed by atoms with Crippen molar-refractivity contribution in [1.29, 1.82) is 0 Å². The molecule has 10 nitrogen and oxygen atoms in total. The van der Waals surface area contributed by atoms with E-state index in [9.17, 15) is 35.4 Å². The van der Waals surface area contributed by atoms with Gasteiger partial charge in [0.25, 0.3) is 0 Å². The van der Waals surface area contributed by atoms with Gasteiger partial charge in [-0.05, 0) is 86.0 Å². The highest BCUT2D eigenvalue weighted by molar-refractivity contribution is 5.85. The molecule has 6 N–H and O–H groups in total. The van der Waals surface area contributed by atoms with E-state index in [4.69, 9.17) is 14.2 Å². The summed E-state index contributed by atoms with van der Waals surface area (Å²) in [5, 5.41) is 63.9. The highest BCUT2D eigenvalue weighted by atomic mass is 16.7. The molecule has 0 aromatic heterocycles. The second-order valence-electron chi connectivity index (χ2n) is 13.7. The molecule has 14 unspecified atom stereocenters. The molecule has 0 spiro atoms. The van der Waals surface area contributed by atoms with E-state index in [1.807, 2.05) is 0 Å². The van der Waals surface area contributed by atoms with Gasteiger partial charge >= 0.3 is 5.97 Å². The lowest BCUT2D eigenvalue weighted by atomic mass is 9.43. The summed E-state index contributed by atoms with van der Waals surface area (Å²) in [5.74, 6) is 0.435. The quantitative estimate of drug-likeness (QED) is 0.212. The van der Waals surface area contributed by atoms with Crippen molar-refractivity contribution in [2.45, 2.75) is 114 Å². The van der Waals surface area contributed by atoms with Crippen molar-refractivity contribution in [2.75, 3.05) is 13.2 Å². The van der Waals surface area contributed by atoms with E-state index in [2.05, 4.69) is 13.8 Å². The fourth-order valence-electron chi connectivity index (χ4n) is 9.91. The number of hydrogen-bond donors (Lipinski definition) is 6. The van der Waals surface area contributed by atoms with Gasteiger partial charge in [-0.2, -0.15) is 0 Å². The SMILES string of the molecule is CC12CC(O)C(OC3OC(CO)C(O)C(O)C3O)CC1CCC1C2CCC2(C)C(C3=CC(=O)OC3)CCC12O. The number of ether oxygens (including phenoxy) is 3. The zero-order chi connectivity index (χ0) is 27.9. The van der Waals surface area contributed by atoms with E-state index in [-0.39, 0.29) is 40.5 Å². The Kier molecular flexibility index (Phi) is 6.99. The highest BCUT2D eigenvalue weighted by Crippen LogP contribution is 2.70. The number of carbonyl (C=O) groups is 1. The summed E-state index contributed by atoms with van der Waals surface area (Å²) in [4.78, 5) is 11.8. The molecule has 0 bridgehead atoms. The average molecular weight is 553 g/mol. The first-order valence-electron chi connectivity index (χ1n) is 14.7. The molecule has 2 heterocycles. The minimum Gasteiger partial charge on any atom is -0.458 e. The zero-order valence-electron chi connectivity index (χ0n) is 22.8. The molecule has 6 rings (SSSR count). The number of cyclic esters (lactones) is 1. The minimum absolute atomic E-state index is 0.108. The largest absolute Gasteiger partial charge is 0.458 e. The summed E-state index contributed by atoms with van der Waals surface area (Å²) in [6.45, 7) is 4.22. The Morgan fingerprint density at radius 2 is 1.77 bits per heavy atom. The van der Waals surface area contributed by atoms with Gasteiger partial charge in [-0.25, -0.2) is 4.79 Å². The molecular weight excluding hydrogens is 508 g/mol.